The number of rotatable bonds is 2. The Labute approximate surface area is 119 Å². The Hall–Kier alpha value is -1.85. The van der Waals surface area contributed by atoms with E-state index in [1.165, 1.54) is 0 Å². The molecule has 2 heterocycles. The Morgan fingerprint density at radius 2 is 2.10 bits per heavy atom. The highest BCUT2D eigenvalue weighted by molar-refractivity contribution is 5.68. The van der Waals surface area contributed by atoms with E-state index in [2.05, 4.69) is 10.2 Å². The van der Waals surface area contributed by atoms with E-state index in [0.29, 0.717) is 19.0 Å². The fourth-order valence-electron chi connectivity index (χ4n) is 1.94. The number of aromatic nitrogens is 2. The quantitative estimate of drug-likeness (QED) is 0.830. The number of amides is 1. The second-order valence-electron chi connectivity index (χ2n) is 5.97. The van der Waals surface area contributed by atoms with Gasteiger partial charge >= 0.3 is 6.09 Å². The third kappa shape index (κ3) is 4.08. The zero-order chi connectivity index (χ0) is 14.8. The normalized spacial score (nSPS) is 19.0. The van der Waals surface area contributed by atoms with Gasteiger partial charge in [-0.2, -0.15) is 5.10 Å². The van der Waals surface area contributed by atoms with Crippen LogP contribution < -0.4 is 4.74 Å². The highest BCUT2D eigenvalue weighted by Crippen LogP contribution is 2.18. The molecular formula is C14H21N3O3. The van der Waals surface area contributed by atoms with E-state index < -0.39 is 5.60 Å². The molecule has 0 radical (unpaired) electrons. The first-order chi connectivity index (χ1) is 9.33. The minimum Gasteiger partial charge on any atom is -0.471 e. The van der Waals surface area contributed by atoms with Crippen LogP contribution in [0.25, 0.3) is 0 Å². The van der Waals surface area contributed by atoms with Gasteiger partial charge in [0.15, 0.2) is 0 Å². The van der Waals surface area contributed by atoms with E-state index in [4.69, 9.17) is 9.47 Å². The number of ether oxygens (including phenoxy) is 2. The van der Waals surface area contributed by atoms with Crippen molar-refractivity contribution in [2.24, 2.45) is 0 Å². The molecule has 2 rings (SSSR count). The van der Waals surface area contributed by atoms with Gasteiger partial charge in [0.05, 0.1) is 12.2 Å². The van der Waals surface area contributed by atoms with Crippen molar-refractivity contribution in [3.05, 3.63) is 17.8 Å². The Kier molecular flexibility index (Phi) is 4.11. The second-order valence-corrected chi connectivity index (χ2v) is 5.97. The highest BCUT2D eigenvalue weighted by Gasteiger charge is 2.31. The summed E-state index contributed by atoms with van der Waals surface area (Å²) in [6, 6.07) is 3.64. The zero-order valence-corrected chi connectivity index (χ0v) is 12.4. The lowest BCUT2D eigenvalue weighted by atomic mass is 10.2. The number of carbonyl (C=O) groups excluding carboxylic acids is 1. The molecule has 0 spiro atoms. The van der Waals surface area contributed by atoms with Crippen LogP contribution >= 0.6 is 0 Å². The third-order valence-electron chi connectivity index (χ3n) is 2.86. The molecule has 1 fully saturated rings. The summed E-state index contributed by atoms with van der Waals surface area (Å²) in [6.07, 6.45) is 0.424. The lowest BCUT2D eigenvalue weighted by Crippen LogP contribution is -2.36. The Bertz CT molecular complexity index is 468. The predicted octanol–water partition coefficient (Wildman–Crippen LogP) is 2.17. The average Bonchev–Trinajstić information content (AvgIpc) is 2.79. The minimum atomic E-state index is -0.474. The van der Waals surface area contributed by atoms with Crippen LogP contribution in [0.3, 0.4) is 0 Å². The van der Waals surface area contributed by atoms with Gasteiger partial charge < -0.3 is 14.4 Å². The van der Waals surface area contributed by atoms with Gasteiger partial charge in [-0.25, -0.2) is 4.79 Å². The molecule has 1 atom stereocenters. The summed E-state index contributed by atoms with van der Waals surface area (Å²) in [4.78, 5) is 13.6. The molecule has 1 amide bonds. The molecule has 0 bridgehead atoms. The highest BCUT2D eigenvalue weighted by atomic mass is 16.6. The van der Waals surface area contributed by atoms with Crippen molar-refractivity contribution in [1.82, 2.24) is 15.1 Å². The average molecular weight is 279 g/mol. The van der Waals surface area contributed by atoms with Crippen LogP contribution in [-0.4, -0.2) is 46.0 Å². The second kappa shape index (κ2) is 5.64. The molecule has 20 heavy (non-hydrogen) atoms. The van der Waals surface area contributed by atoms with Crippen molar-refractivity contribution >= 4 is 6.09 Å². The van der Waals surface area contributed by atoms with Crippen LogP contribution in [0.4, 0.5) is 4.79 Å². The van der Waals surface area contributed by atoms with Crippen LogP contribution in [0.1, 0.15) is 32.9 Å². The summed E-state index contributed by atoms with van der Waals surface area (Å²) in [6.45, 7) is 8.60. The van der Waals surface area contributed by atoms with E-state index in [0.717, 1.165) is 12.1 Å². The summed E-state index contributed by atoms with van der Waals surface area (Å²) in [7, 11) is 0. The molecule has 1 aromatic heterocycles. The topological polar surface area (TPSA) is 64.5 Å². The molecule has 0 aromatic carbocycles. The lowest BCUT2D eigenvalue weighted by molar-refractivity contribution is 0.0274. The number of hydrogen-bond donors (Lipinski definition) is 0. The maximum atomic E-state index is 11.9. The van der Waals surface area contributed by atoms with Gasteiger partial charge in [-0.1, -0.05) is 0 Å². The molecule has 1 unspecified atom stereocenters. The van der Waals surface area contributed by atoms with E-state index in [1.54, 1.807) is 11.0 Å². The maximum absolute atomic E-state index is 11.9. The van der Waals surface area contributed by atoms with Gasteiger partial charge in [0.2, 0.25) is 5.88 Å². The Morgan fingerprint density at radius 3 is 2.70 bits per heavy atom. The predicted molar refractivity (Wildman–Crippen MR) is 73.6 cm³/mol. The van der Waals surface area contributed by atoms with Gasteiger partial charge in [-0.05, 0) is 33.8 Å². The fourth-order valence-corrected chi connectivity index (χ4v) is 1.94. The zero-order valence-electron chi connectivity index (χ0n) is 12.4. The number of likely N-dealkylation sites (tertiary alicyclic amines) is 1. The third-order valence-corrected chi connectivity index (χ3v) is 2.86. The van der Waals surface area contributed by atoms with Gasteiger partial charge in [0.1, 0.15) is 11.7 Å². The largest absolute Gasteiger partial charge is 0.471 e. The summed E-state index contributed by atoms with van der Waals surface area (Å²) < 4.78 is 11.1. The Balaban J connectivity index is 1.86. The van der Waals surface area contributed by atoms with E-state index in [-0.39, 0.29) is 12.2 Å². The molecule has 1 saturated heterocycles. The van der Waals surface area contributed by atoms with Crippen molar-refractivity contribution in [3.63, 3.8) is 0 Å². The first-order valence-corrected chi connectivity index (χ1v) is 6.78. The maximum Gasteiger partial charge on any atom is 0.410 e. The van der Waals surface area contributed by atoms with Crippen molar-refractivity contribution in [3.8, 4) is 5.88 Å². The van der Waals surface area contributed by atoms with Crippen LogP contribution in [0.5, 0.6) is 5.88 Å². The van der Waals surface area contributed by atoms with E-state index in [9.17, 15) is 4.79 Å². The van der Waals surface area contributed by atoms with Gasteiger partial charge in [0, 0.05) is 19.0 Å². The summed E-state index contributed by atoms with van der Waals surface area (Å²) in [5.74, 6) is 0.492. The molecule has 110 valence electrons. The molecule has 0 saturated carbocycles. The minimum absolute atomic E-state index is 0.0560. The first-order valence-electron chi connectivity index (χ1n) is 6.78. The molecule has 6 nitrogen and oxygen atoms in total. The van der Waals surface area contributed by atoms with Gasteiger partial charge in [-0.15, -0.1) is 5.10 Å². The monoisotopic (exact) mass is 279 g/mol. The molecule has 0 aliphatic carbocycles. The molecule has 1 aliphatic rings. The molecule has 0 N–H and O–H groups in total. The summed E-state index contributed by atoms with van der Waals surface area (Å²) in [5, 5.41) is 7.91. The van der Waals surface area contributed by atoms with Crippen LogP contribution in [0.15, 0.2) is 12.1 Å². The first kappa shape index (κ1) is 14.6. The van der Waals surface area contributed by atoms with E-state index in [1.807, 2.05) is 33.8 Å². The standard InChI is InChI=1S/C14H21N3O3/c1-10-5-6-12(16-15-10)19-11-7-8-17(9-11)13(18)20-14(2,3)4/h5-6,11H,7-9H2,1-4H3. The molecule has 1 aromatic rings. The van der Waals surface area contributed by atoms with Crippen molar-refractivity contribution < 1.29 is 14.3 Å². The van der Waals surface area contributed by atoms with Gasteiger partial charge in [-0.3, -0.25) is 0 Å². The van der Waals surface area contributed by atoms with E-state index >= 15 is 0 Å². The van der Waals surface area contributed by atoms with Crippen molar-refractivity contribution in [2.45, 2.75) is 45.8 Å². The molecule has 1 aliphatic heterocycles. The number of hydrogen-bond acceptors (Lipinski definition) is 5. The SMILES string of the molecule is Cc1ccc(OC2CCN(C(=O)OC(C)(C)C)C2)nn1. The fraction of sp³-hybridized carbons (Fsp3) is 0.643. The molecule has 6 heteroatoms. The smallest absolute Gasteiger partial charge is 0.410 e. The number of carbonyl (C=O) groups is 1. The number of aryl methyl sites for hydroxylation is 1. The Morgan fingerprint density at radius 1 is 1.35 bits per heavy atom. The van der Waals surface area contributed by atoms with Gasteiger partial charge in [0.25, 0.3) is 0 Å². The summed E-state index contributed by atoms with van der Waals surface area (Å²) >= 11 is 0. The van der Waals surface area contributed by atoms with Crippen molar-refractivity contribution in [1.29, 1.82) is 0 Å². The summed E-state index contributed by atoms with van der Waals surface area (Å²) in [5.41, 5.74) is 0.373. The lowest BCUT2D eigenvalue weighted by Gasteiger charge is -2.24. The van der Waals surface area contributed by atoms with Crippen molar-refractivity contribution in [2.75, 3.05) is 13.1 Å². The number of nitrogens with zero attached hydrogens (tertiary/aromatic N) is 3. The van der Waals surface area contributed by atoms with Crippen LogP contribution in [-0.2, 0) is 4.74 Å². The van der Waals surface area contributed by atoms with Crippen LogP contribution in [0, 0.1) is 6.92 Å². The molecular weight excluding hydrogens is 258 g/mol. The van der Waals surface area contributed by atoms with Crippen LogP contribution in [0.2, 0.25) is 0 Å².